The Balaban J connectivity index is 1.05. The van der Waals surface area contributed by atoms with Crippen molar-refractivity contribution in [3.63, 3.8) is 0 Å². The van der Waals surface area contributed by atoms with E-state index in [1.807, 2.05) is 12.1 Å². The highest BCUT2D eigenvalue weighted by Crippen LogP contribution is 2.59. The lowest BCUT2D eigenvalue weighted by Gasteiger charge is -2.40. The van der Waals surface area contributed by atoms with Gasteiger partial charge in [-0.25, -0.2) is 0 Å². The van der Waals surface area contributed by atoms with Crippen LogP contribution in [0.3, 0.4) is 0 Å². The minimum absolute atomic E-state index is 0.283. The molecule has 0 fully saturated rings. The first-order chi connectivity index (χ1) is 31.6. The predicted octanol–water partition coefficient (Wildman–Crippen LogP) is 13.7. The topological polar surface area (TPSA) is 84.3 Å². The second-order valence-electron chi connectivity index (χ2n) is 15.5. The van der Waals surface area contributed by atoms with Crippen molar-refractivity contribution in [2.45, 2.75) is 0 Å². The van der Waals surface area contributed by atoms with Crippen molar-refractivity contribution < 1.29 is 0 Å². The van der Waals surface area contributed by atoms with E-state index in [1.165, 1.54) is 0 Å². The number of hydrogen-bond donors (Lipinski definition) is 0. The van der Waals surface area contributed by atoms with Gasteiger partial charge in [0.25, 0.3) is 0 Å². The summed E-state index contributed by atoms with van der Waals surface area (Å²) in [6.45, 7) is -3.08. The maximum Gasteiger partial charge on any atom is 0.100 e. The van der Waals surface area contributed by atoms with Gasteiger partial charge in [0.05, 0.1) is 67.7 Å². The Kier molecular flexibility index (Phi) is 9.30. The molecule has 0 saturated carbocycles. The Bertz CT molecular complexity index is 3110. The summed E-state index contributed by atoms with van der Waals surface area (Å²) in [5, 5.41) is 34.6. The molecule has 3 aliphatic rings. The molecule has 0 aliphatic carbocycles. The fourth-order valence-electron chi connectivity index (χ4n) is 9.45. The predicted molar refractivity (Wildman–Crippen MR) is 263 cm³/mol. The summed E-state index contributed by atoms with van der Waals surface area (Å²) in [6.07, 6.45) is 3.34. The van der Waals surface area contributed by atoms with Gasteiger partial charge in [-0.1, -0.05) is 109 Å². The molecular weight excluding hydrogens is 802 g/mol. The summed E-state index contributed by atoms with van der Waals surface area (Å²) in [5.74, 6) is 0. The van der Waals surface area contributed by atoms with Crippen LogP contribution in [0, 0.1) is 34.0 Å². The van der Waals surface area contributed by atoms with E-state index in [1.54, 1.807) is 12.2 Å². The first kappa shape index (κ1) is 38.2. The second kappa shape index (κ2) is 15.6. The second-order valence-corrected chi connectivity index (χ2v) is 18.9. The molecule has 8 aromatic rings. The molecule has 8 aromatic carbocycles. The molecule has 0 saturated heterocycles. The summed E-state index contributed by atoms with van der Waals surface area (Å²) in [6, 6.07) is 78.1. The van der Waals surface area contributed by atoms with Crippen LogP contribution in [-0.4, -0.2) is 5.29 Å². The molecule has 0 unspecified atom stereocenters. The molecule has 0 radical (unpaired) electrons. The van der Waals surface area contributed by atoms with Gasteiger partial charge in [-0.2, -0.15) is 15.8 Å². The molecular formula is C56H36N7P. The Labute approximate surface area is 372 Å². The molecule has 300 valence electrons. The van der Waals surface area contributed by atoms with E-state index >= 15 is 0 Å². The van der Waals surface area contributed by atoms with Crippen LogP contribution >= 0.6 is 6.89 Å². The van der Waals surface area contributed by atoms with Gasteiger partial charge in [-0.05, 0) is 120 Å². The first-order valence-corrected chi connectivity index (χ1v) is 22.7. The van der Waals surface area contributed by atoms with Crippen LogP contribution in [0.5, 0.6) is 0 Å². The Morgan fingerprint density at radius 2 is 0.594 bits per heavy atom. The number of hydrogen-bond acceptors (Lipinski definition) is 7. The zero-order valence-corrected chi connectivity index (χ0v) is 35.3. The van der Waals surface area contributed by atoms with E-state index in [9.17, 15) is 15.8 Å². The SMILES string of the molecule is N#CC1=CC(C#N)=P(c2ccc(N3c4ccccc4N(c4ccccc4)c4ccccc43)cc2)(c2ccc(N3c4ccccc4N(c4ccccc4)c4ccccc43)cc2)C(C#N)=C1. The highest BCUT2D eigenvalue weighted by atomic mass is 31.2. The molecule has 0 atom stereocenters. The molecule has 0 aromatic heterocycles. The molecule has 11 rings (SSSR count). The monoisotopic (exact) mass is 837 g/mol. The summed E-state index contributed by atoms with van der Waals surface area (Å²) >= 11 is 0. The van der Waals surface area contributed by atoms with Crippen molar-refractivity contribution in [1.82, 2.24) is 0 Å². The number of allylic oxidation sites excluding steroid dienone is 4. The zero-order valence-electron chi connectivity index (χ0n) is 34.4. The van der Waals surface area contributed by atoms with Crippen molar-refractivity contribution in [3.8, 4) is 18.2 Å². The summed E-state index contributed by atoms with van der Waals surface area (Å²) in [7, 11) is 0. The first-order valence-electron chi connectivity index (χ1n) is 20.9. The van der Waals surface area contributed by atoms with Crippen LogP contribution in [0.2, 0.25) is 0 Å². The number of para-hydroxylation sites is 10. The van der Waals surface area contributed by atoms with Gasteiger partial charge in [0.15, 0.2) is 0 Å². The maximum absolute atomic E-state index is 11.0. The molecule has 0 bridgehead atoms. The zero-order chi connectivity index (χ0) is 43.2. The third kappa shape index (κ3) is 5.87. The van der Waals surface area contributed by atoms with Gasteiger partial charge >= 0.3 is 0 Å². The van der Waals surface area contributed by atoms with E-state index < -0.39 is 6.89 Å². The summed E-state index contributed by atoms with van der Waals surface area (Å²) < 4.78 is 0. The minimum Gasteiger partial charge on any atom is -0.306 e. The van der Waals surface area contributed by atoms with E-state index in [0.717, 1.165) is 78.9 Å². The van der Waals surface area contributed by atoms with Crippen molar-refractivity contribution in [1.29, 1.82) is 15.8 Å². The highest BCUT2D eigenvalue weighted by Gasteiger charge is 2.37. The van der Waals surface area contributed by atoms with Crippen molar-refractivity contribution in [3.05, 3.63) is 229 Å². The number of fused-ring (bicyclic) bond motifs is 4. The lowest BCUT2D eigenvalue weighted by atomic mass is 10.0. The van der Waals surface area contributed by atoms with Gasteiger partial charge in [-0.15, -0.1) is 0 Å². The molecule has 3 heterocycles. The maximum atomic E-state index is 11.0. The fraction of sp³-hybridized carbons (Fsp3) is 0. The quantitative estimate of drug-likeness (QED) is 0.154. The van der Waals surface area contributed by atoms with Crippen molar-refractivity contribution in [2.75, 3.05) is 19.6 Å². The third-order valence-electron chi connectivity index (χ3n) is 12.1. The van der Waals surface area contributed by atoms with E-state index in [4.69, 9.17) is 0 Å². The average Bonchev–Trinajstić information content (AvgIpc) is 3.37. The number of nitriles is 3. The van der Waals surface area contributed by atoms with E-state index in [0.29, 0.717) is 10.6 Å². The smallest absolute Gasteiger partial charge is 0.100 e. The van der Waals surface area contributed by atoms with Crippen LogP contribution in [0.25, 0.3) is 0 Å². The third-order valence-corrected chi connectivity index (χ3v) is 16.2. The number of anilines is 12. The van der Waals surface area contributed by atoms with Crippen LogP contribution in [0.4, 0.5) is 68.2 Å². The van der Waals surface area contributed by atoms with E-state index in [2.05, 4.69) is 232 Å². The van der Waals surface area contributed by atoms with Crippen LogP contribution in [0.1, 0.15) is 0 Å². The van der Waals surface area contributed by atoms with E-state index in [-0.39, 0.29) is 5.57 Å². The number of rotatable bonds is 6. The van der Waals surface area contributed by atoms with Crippen molar-refractivity contribution >= 4 is 91.0 Å². The molecule has 0 spiro atoms. The lowest BCUT2D eigenvalue weighted by molar-refractivity contribution is 1.17. The minimum atomic E-state index is -3.08. The Morgan fingerprint density at radius 3 is 0.875 bits per heavy atom. The molecule has 7 nitrogen and oxygen atoms in total. The van der Waals surface area contributed by atoms with Gasteiger partial charge in [-0.3, -0.25) is 0 Å². The normalized spacial score (nSPS) is 14.4. The van der Waals surface area contributed by atoms with Gasteiger partial charge in [0.1, 0.15) is 12.1 Å². The molecule has 0 amide bonds. The number of nitrogens with zero attached hydrogens (tertiary/aromatic N) is 7. The Hall–Kier alpha value is -8.79. The molecule has 64 heavy (non-hydrogen) atoms. The lowest BCUT2D eigenvalue weighted by Crippen LogP contribution is -2.26. The largest absolute Gasteiger partial charge is 0.306 e. The van der Waals surface area contributed by atoms with Crippen LogP contribution in [-0.2, 0) is 0 Å². The highest BCUT2D eigenvalue weighted by molar-refractivity contribution is 7.93. The van der Waals surface area contributed by atoms with Gasteiger partial charge in [0, 0.05) is 29.6 Å². The standard InChI is InChI=1S/C56H36N7P/c57-37-40-35-47(38-58)64(48(36-40)39-59,45-31-27-43(28-32-45)62-53-23-11-7-19-49(53)60(41-15-3-1-4-16-41)50-20-8-12-24-54(50)62)46-33-29-44(30-34-46)63-55-25-13-9-21-51(55)61(42-17-5-2-6-18-42)52-22-10-14-26-56(52)63/h1-36H. The summed E-state index contributed by atoms with van der Waals surface area (Å²) in [5.41, 5.74) is 12.5. The van der Waals surface area contributed by atoms with Crippen LogP contribution in [0.15, 0.2) is 229 Å². The number of benzene rings is 8. The van der Waals surface area contributed by atoms with Gasteiger partial charge in [0.2, 0.25) is 0 Å². The molecule has 0 N–H and O–H groups in total. The molecule has 8 heteroatoms. The van der Waals surface area contributed by atoms with Crippen LogP contribution < -0.4 is 30.2 Å². The fourth-order valence-corrected chi connectivity index (χ4v) is 13.3. The Morgan fingerprint density at radius 1 is 0.297 bits per heavy atom. The summed E-state index contributed by atoms with van der Waals surface area (Å²) in [4.78, 5) is 9.12. The van der Waals surface area contributed by atoms with Gasteiger partial charge < -0.3 is 19.6 Å². The van der Waals surface area contributed by atoms with Crippen molar-refractivity contribution in [2.24, 2.45) is 0 Å². The average molecular weight is 838 g/mol. The molecule has 3 aliphatic heterocycles.